The van der Waals surface area contributed by atoms with E-state index in [9.17, 15) is 9.59 Å². The first-order valence-corrected chi connectivity index (χ1v) is 7.59. The number of nitrogens with one attached hydrogen (secondary N) is 2. The van der Waals surface area contributed by atoms with Crippen LogP contribution in [0.25, 0.3) is 0 Å². The molecule has 20 heavy (non-hydrogen) atoms. The molecule has 0 spiro atoms. The predicted octanol–water partition coefficient (Wildman–Crippen LogP) is 2.39. The van der Waals surface area contributed by atoms with E-state index in [1.807, 2.05) is 13.8 Å². The number of thiazole rings is 1. The lowest BCUT2D eigenvalue weighted by Crippen LogP contribution is -2.42. The summed E-state index contributed by atoms with van der Waals surface area (Å²) in [6.45, 7) is 3.99. The molecule has 1 aromatic rings. The van der Waals surface area contributed by atoms with Crippen molar-refractivity contribution in [1.29, 1.82) is 0 Å². The Bertz CT molecular complexity index is 515. The molecule has 2 rings (SSSR count). The van der Waals surface area contributed by atoms with Crippen molar-refractivity contribution in [1.82, 2.24) is 10.3 Å². The Morgan fingerprint density at radius 1 is 1.45 bits per heavy atom. The van der Waals surface area contributed by atoms with Gasteiger partial charge in [-0.05, 0) is 26.2 Å². The number of carbonyl (C=O) groups excluding carboxylic acids is 1. The highest BCUT2D eigenvalue weighted by molar-refractivity contribution is 7.15. The van der Waals surface area contributed by atoms with Crippen LogP contribution in [0.3, 0.4) is 0 Å². The zero-order valence-corrected chi connectivity index (χ0v) is 12.4. The van der Waals surface area contributed by atoms with Crippen molar-refractivity contribution in [2.75, 3.05) is 5.32 Å². The van der Waals surface area contributed by atoms with Crippen molar-refractivity contribution >= 4 is 28.5 Å². The molecule has 0 aliphatic heterocycles. The second-order valence-electron chi connectivity index (χ2n) is 4.96. The van der Waals surface area contributed by atoms with Crippen molar-refractivity contribution in [3.05, 3.63) is 10.6 Å². The van der Waals surface area contributed by atoms with Crippen LogP contribution >= 0.6 is 11.3 Å². The number of anilines is 1. The number of nitrogens with zero attached hydrogens (tertiary/aromatic N) is 1. The molecule has 1 heterocycles. The quantitative estimate of drug-likeness (QED) is 0.795. The van der Waals surface area contributed by atoms with Gasteiger partial charge >= 0.3 is 12.0 Å². The van der Waals surface area contributed by atoms with E-state index in [0.717, 1.165) is 23.4 Å². The molecule has 1 aromatic heterocycles. The summed E-state index contributed by atoms with van der Waals surface area (Å²) in [5.74, 6) is -1.32. The van der Waals surface area contributed by atoms with E-state index in [0.29, 0.717) is 18.0 Å². The van der Waals surface area contributed by atoms with Crippen LogP contribution in [-0.2, 0) is 11.2 Å². The van der Waals surface area contributed by atoms with Crippen LogP contribution in [-0.4, -0.2) is 28.1 Å². The third kappa shape index (κ3) is 3.27. The number of urea groups is 1. The zero-order chi connectivity index (χ0) is 14.7. The summed E-state index contributed by atoms with van der Waals surface area (Å²) in [5.41, 5.74) is 0.981. The van der Waals surface area contributed by atoms with Crippen molar-refractivity contribution in [2.45, 2.75) is 45.6 Å². The molecule has 2 amide bonds. The number of carboxylic acid groups (broad SMARTS) is 1. The van der Waals surface area contributed by atoms with E-state index >= 15 is 0 Å². The fourth-order valence-electron chi connectivity index (χ4n) is 2.54. The van der Waals surface area contributed by atoms with Gasteiger partial charge in [0.05, 0.1) is 11.6 Å². The predicted molar refractivity (Wildman–Crippen MR) is 77.1 cm³/mol. The molecular formula is C13H19N3O3S. The Morgan fingerprint density at radius 3 is 2.80 bits per heavy atom. The van der Waals surface area contributed by atoms with Gasteiger partial charge in [0, 0.05) is 10.9 Å². The lowest BCUT2D eigenvalue weighted by Gasteiger charge is -2.17. The second kappa shape index (κ2) is 6.21. The van der Waals surface area contributed by atoms with E-state index < -0.39 is 11.9 Å². The second-order valence-corrected chi connectivity index (χ2v) is 6.16. The van der Waals surface area contributed by atoms with E-state index in [4.69, 9.17) is 5.11 Å². The van der Waals surface area contributed by atoms with Gasteiger partial charge in [0.15, 0.2) is 5.13 Å². The van der Waals surface area contributed by atoms with Crippen molar-refractivity contribution in [3.8, 4) is 0 Å². The number of aryl methyl sites for hydroxylation is 2. The molecule has 2 unspecified atom stereocenters. The molecule has 0 radical (unpaired) electrons. The minimum atomic E-state index is -0.842. The minimum Gasteiger partial charge on any atom is -0.481 e. The molecule has 1 saturated carbocycles. The van der Waals surface area contributed by atoms with Crippen LogP contribution in [0, 0.1) is 12.8 Å². The first-order valence-electron chi connectivity index (χ1n) is 6.78. The SMILES string of the molecule is CCc1nc(NC(=O)NC2CCCC2C(=O)O)sc1C. The summed E-state index contributed by atoms with van der Waals surface area (Å²) in [7, 11) is 0. The van der Waals surface area contributed by atoms with E-state index in [2.05, 4.69) is 15.6 Å². The molecule has 1 fully saturated rings. The highest BCUT2D eigenvalue weighted by Gasteiger charge is 2.33. The molecule has 0 saturated heterocycles. The number of hydrogen-bond donors (Lipinski definition) is 3. The summed E-state index contributed by atoms with van der Waals surface area (Å²) in [4.78, 5) is 28.4. The lowest BCUT2D eigenvalue weighted by molar-refractivity contribution is -0.142. The van der Waals surface area contributed by atoms with Crippen molar-refractivity contribution < 1.29 is 14.7 Å². The maximum atomic E-state index is 11.9. The van der Waals surface area contributed by atoms with Crippen LogP contribution < -0.4 is 10.6 Å². The van der Waals surface area contributed by atoms with E-state index in [1.165, 1.54) is 11.3 Å². The number of hydrogen-bond acceptors (Lipinski definition) is 4. The first kappa shape index (κ1) is 14.8. The number of amides is 2. The zero-order valence-electron chi connectivity index (χ0n) is 11.6. The summed E-state index contributed by atoms with van der Waals surface area (Å²) in [5, 5.41) is 15.1. The summed E-state index contributed by atoms with van der Waals surface area (Å²) in [6.07, 6.45) is 2.99. The first-order chi connectivity index (χ1) is 9.51. The molecule has 3 N–H and O–H groups in total. The van der Waals surface area contributed by atoms with E-state index in [1.54, 1.807) is 0 Å². The lowest BCUT2D eigenvalue weighted by atomic mass is 10.0. The maximum Gasteiger partial charge on any atom is 0.321 e. The van der Waals surface area contributed by atoms with Gasteiger partial charge in [-0.25, -0.2) is 9.78 Å². The van der Waals surface area contributed by atoms with Gasteiger partial charge < -0.3 is 10.4 Å². The molecule has 110 valence electrons. The Kier molecular flexibility index (Phi) is 4.59. The van der Waals surface area contributed by atoms with Gasteiger partial charge in [0.2, 0.25) is 0 Å². The number of aromatic nitrogens is 1. The third-order valence-electron chi connectivity index (χ3n) is 3.60. The smallest absolute Gasteiger partial charge is 0.321 e. The Morgan fingerprint density at radius 2 is 2.20 bits per heavy atom. The standard InChI is InChI=1S/C13H19N3O3S/c1-3-9-7(2)20-13(15-9)16-12(19)14-10-6-4-5-8(10)11(17)18/h8,10H,3-6H2,1-2H3,(H,17,18)(H2,14,15,16,19). The molecule has 0 aromatic carbocycles. The van der Waals surface area contributed by atoms with Crippen LogP contribution in [0.15, 0.2) is 0 Å². The Labute approximate surface area is 121 Å². The van der Waals surface area contributed by atoms with Gasteiger partial charge in [-0.3, -0.25) is 10.1 Å². The van der Waals surface area contributed by atoms with Gasteiger partial charge in [-0.1, -0.05) is 13.3 Å². The van der Waals surface area contributed by atoms with Crippen molar-refractivity contribution in [2.24, 2.45) is 5.92 Å². The minimum absolute atomic E-state index is 0.292. The molecule has 0 bridgehead atoms. The molecule has 6 nitrogen and oxygen atoms in total. The third-order valence-corrected chi connectivity index (χ3v) is 4.53. The number of rotatable bonds is 4. The summed E-state index contributed by atoms with van der Waals surface area (Å²) >= 11 is 1.43. The number of aliphatic carboxylic acids is 1. The Balaban J connectivity index is 1.93. The largest absolute Gasteiger partial charge is 0.481 e. The van der Waals surface area contributed by atoms with Gasteiger partial charge in [0.25, 0.3) is 0 Å². The van der Waals surface area contributed by atoms with Crippen LogP contribution in [0.2, 0.25) is 0 Å². The number of carbonyl (C=O) groups is 2. The van der Waals surface area contributed by atoms with Crippen LogP contribution in [0.1, 0.15) is 36.8 Å². The molecule has 1 aliphatic rings. The fraction of sp³-hybridized carbons (Fsp3) is 0.615. The molecular weight excluding hydrogens is 278 g/mol. The van der Waals surface area contributed by atoms with Gasteiger partial charge in [-0.15, -0.1) is 11.3 Å². The van der Waals surface area contributed by atoms with Gasteiger partial charge in [-0.2, -0.15) is 0 Å². The van der Waals surface area contributed by atoms with Gasteiger partial charge in [0.1, 0.15) is 0 Å². The molecule has 7 heteroatoms. The fourth-order valence-corrected chi connectivity index (χ4v) is 3.44. The monoisotopic (exact) mass is 297 g/mol. The Hall–Kier alpha value is -1.63. The van der Waals surface area contributed by atoms with E-state index in [-0.39, 0.29) is 12.1 Å². The highest BCUT2D eigenvalue weighted by Crippen LogP contribution is 2.26. The molecule has 2 atom stereocenters. The van der Waals surface area contributed by atoms with Crippen LogP contribution in [0.5, 0.6) is 0 Å². The van der Waals surface area contributed by atoms with Crippen molar-refractivity contribution in [3.63, 3.8) is 0 Å². The average Bonchev–Trinajstić information content (AvgIpc) is 2.95. The normalized spacial score (nSPS) is 21.7. The van der Waals surface area contributed by atoms with Crippen LogP contribution in [0.4, 0.5) is 9.93 Å². The topological polar surface area (TPSA) is 91.3 Å². The molecule has 1 aliphatic carbocycles. The summed E-state index contributed by atoms with van der Waals surface area (Å²) in [6, 6.07) is -0.668. The maximum absolute atomic E-state index is 11.9. The summed E-state index contributed by atoms with van der Waals surface area (Å²) < 4.78 is 0. The average molecular weight is 297 g/mol. The number of carboxylic acids is 1. The highest BCUT2D eigenvalue weighted by atomic mass is 32.1.